The minimum Gasteiger partial charge on any atom is -0.341 e. The normalized spacial score (nSPS) is 10.7. The van der Waals surface area contributed by atoms with E-state index < -0.39 is 9.84 Å². The summed E-state index contributed by atoms with van der Waals surface area (Å²) in [5, 5.41) is 0. The largest absolute Gasteiger partial charge is 0.341 e. The van der Waals surface area contributed by atoms with Gasteiger partial charge in [-0.3, -0.25) is 4.79 Å². The summed E-state index contributed by atoms with van der Waals surface area (Å²) in [4.78, 5) is 13.8. The third-order valence-corrected chi connectivity index (χ3v) is 3.80. The third kappa shape index (κ3) is 5.58. The van der Waals surface area contributed by atoms with Gasteiger partial charge in [-0.05, 0) is 24.6 Å². The molecule has 0 saturated carbocycles. The molecule has 0 aliphatic rings. The lowest BCUT2D eigenvalue weighted by Crippen LogP contribution is -2.31. The molecule has 6 heteroatoms. The van der Waals surface area contributed by atoms with Crippen molar-refractivity contribution in [2.75, 3.05) is 32.1 Å². The number of hydrogen-bond donors (Lipinski definition) is 1. The highest BCUT2D eigenvalue weighted by Gasteiger charge is 2.16. The Morgan fingerprint density at radius 3 is 2.62 bits per heavy atom. The smallest absolute Gasteiger partial charge is 0.254 e. The van der Waals surface area contributed by atoms with Crippen molar-refractivity contribution in [3.05, 3.63) is 34.9 Å². The second-order valence-corrected chi connectivity index (χ2v) is 7.17. The van der Waals surface area contributed by atoms with Crippen molar-refractivity contribution >= 4 is 15.7 Å². The number of sulfone groups is 1. The summed E-state index contributed by atoms with van der Waals surface area (Å²) in [7, 11) is -1.53. The van der Waals surface area contributed by atoms with Crippen LogP contribution in [0.4, 0.5) is 0 Å². The van der Waals surface area contributed by atoms with Crippen LogP contribution in [0.15, 0.2) is 18.2 Å². The van der Waals surface area contributed by atoms with Crippen LogP contribution in [-0.2, 0) is 9.84 Å². The Labute approximate surface area is 126 Å². The molecule has 0 aliphatic heterocycles. The molecular formula is C15H20N2O3S. The van der Waals surface area contributed by atoms with Crippen LogP contribution in [0.2, 0.25) is 0 Å². The van der Waals surface area contributed by atoms with Gasteiger partial charge in [0.05, 0.1) is 17.9 Å². The molecule has 0 spiro atoms. The van der Waals surface area contributed by atoms with Gasteiger partial charge in [0.25, 0.3) is 5.91 Å². The molecule has 1 aromatic carbocycles. The standard InChI is InChI=1S/C15H20N2O3S/c1-12-6-7-14(13(11-12)5-4-8-16)15(18)17(2)9-10-21(3,19)20/h6-7,11H,8-10,16H2,1-3H3. The lowest BCUT2D eigenvalue weighted by atomic mass is 10.0. The SMILES string of the molecule is Cc1ccc(C(=O)N(C)CCS(C)(=O)=O)c(C#CCN)c1. The topological polar surface area (TPSA) is 80.5 Å². The Morgan fingerprint density at radius 1 is 1.38 bits per heavy atom. The van der Waals surface area contributed by atoms with E-state index in [1.165, 1.54) is 4.90 Å². The van der Waals surface area contributed by atoms with Crippen LogP contribution >= 0.6 is 0 Å². The predicted molar refractivity (Wildman–Crippen MR) is 83.8 cm³/mol. The van der Waals surface area contributed by atoms with E-state index in [2.05, 4.69) is 11.8 Å². The Balaban J connectivity index is 3.01. The molecule has 0 aliphatic carbocycles. The number of nitrogens with zero attached hydrogens (tertiary/aromatic N) is 1. The van der Waals surface area contributed by atoms with Gasteiger partial charge in [0.15, 0.2) is 0 Å². The summed E-state index contributed by atoms with van der Waals surface area (Å²) in [6.45, 7) is 2.27. The lowest BCUT2D eigenvalue weighted by Gasteiger charge is -2.17. The van der Waals surface area contributed by atoms with Gasteiger partial charge in [-0.15, -0.1) is 0 Å². The van der Waals surface area contributed by atoms with E-state index in [-0.39, 0.29) is 24.7 Å². The summed E-state index contributed by atoms with van der Waals surface area (Å²) >= 11 is 0. The summed E-state index contributed by atoms with van der Waals surface area (Å²) in [6, 6.07) is 5.35. The lowest BCUT2D eigenvalue weighted by molar-refractivity contribution is 0.0803. The van der Waals surface area contributed by atoms with Crippen LogP contribution in [0.25, 0.3) is 0 Å². The molecule has 1 aromatic rings. The molecule has 0 radical (unpaired) electrons. The average molecular weight is 308 g/mol. The molecule has 0 saturated heterocycles. The zero-order chi connectivity index (χ0) is 16.0. The highest BCUT2D eigenvalue weighted by atomic mass is 32.2. The molecule has 114 valence electrons. The van der Waals surface area contributed by atoms with Gasteiger partial charge >= 0.3 is 0 Å². The Kier molecular flexibility index (Phi) is 5.94. The first kappa shape index (κ1) is 17.2. The Morgan fingerprint density at radius 2 is 2.05 bits per heavy atom. The molecule has 0 heterocycles. The fourth-order valence-electron chi connectivity index (χ4n) is 1.70. The molecule has 21 heavy (non-hydrogen) atoms. The van der Waals surface area contributed by atoms with E-state index in [1.807, 2.05) is 19.1 Å². The first-order valence-corrected chi connectivity index (χ1v) is 8.53. The Bertz CT molecular complexity index is 685. The van der Waals surface area contributed by atoms with Gasteiger partial charge < -0.3 is 10.6 Å². The van der Waals surface area contributed by atoms with E-state index >= 15 is 0 Å². The van der Waals surface area contributed by atoms with Crippen molar-refractivity contribution in [2.45, 2.75) is 6.92 Å². The minimum atomic E-state index is -3.10. The summed E-state index contributed by atoms with van der Waals surface area (Å²) < 4.78 is 22.3. The molecule has 0 fully saturated rings. The molecule has 2 N–H and O–H groups in total. The number of nitrogens with two attached hydrogens (primary N) is 1. The average Bonchev–Trinajstić information content (AvgIpc) is 2.41. The van der Waals surface area contributed by atoms with Crippen molar-refractivity contribution in [2.24, 2.45) is 5.73 Å². The number of aryl methyl sites for hydroxylation is 1. The van der Waals surface area contributed by atoms with Crippen LogP contribution in [0.3, 0.4) is 0 Å². The molecular weight excluding hydrogens is 288 g/mol. The highest BCUT2D eigenvalue weighted by molar-refractivity contribution is 7.90. The van der Waals surface area contributed by atoms with Gasteiger partial charge in [0.2, 0.25) is 0 Å². The van der Waals surface area contributed by atoms with E-state index in [9.17, 15) is 13.2 Å². The van der Waals surface area contributed by atoms with Crippen molar-refractivity contribution in [3.63, 3.8) is 0 Å². The second kappa shape index (κ2) is 7.25. The zero-order valence-corrected chi connectivity index (χ0v) is 13.3. The first-order valence-electron chi connectivity index (χ1n) is 6.47. The predicted octanol–water partition coefficient (Wildman–Crippen LogP) is 0.422. The van der Waals surface area contributed by atoms with Crippen LogP contribution in [0, 0.1) is 18.8 Å². The number of carbonyl (C=O) groups excluding carboxylic acids is 1. The fourth-order valence-corrected chi connectivity index (χ4v) is 2.31. The fraction of sp³-hybridized carbons (Fsp3) is 0.400. The van der Waals surface area contributed by atoms with Crippen LogP contribution in [0.1, 0.15) is 21.5 Å². The number of benzene rings is 1. The van der Waals surface area contributed by atoms with Gasteiger partial charge in [0, 0.05) is 25.4 Å². The summed E-state index contributed by atoms with van der Waals surface area (Å²) in [6.07, 6.45) is 1.15. The number of carbonyl (C=O) groups is 1. The monoisotopic (exact) mass is 308 g/mol. The number of hydrogen-bond acceptors (Lipinski definition) is 4. The van der Waals surface area contributed by atoms with Crippen molar-refractivity contribution in [1.29, 1.82) is 0 Å². The van der Waals surface area contributed by atoms with Crippen molar-refractivity contribution in [3.8, 4) is 11.8 Å². The van der Waals surface area contributed by atoms with Crippen LogP contribution < -0.4 is 5.73 Å². The maximum absolute atomic E-state index is 12.4. The van der Waals surface area contributed by atoms with Crippen LogP contribution in [0.5, 0.6) is 0 Å². The van der Waals surface area contributed by atoms with Gasteiger partial charge in [-0.2, -0.15) is 0 Å². The quantitative estimate of drug-likeness (QED) is 0.818. The van der Waals surface area contributed by atoms with E-state index in [4.69, 9.17) is 5.73 Å². The van der Waals surface area contributed by atoms with E-state index in [1.54, 1.807) is 13.1 Å². The van der Waals surface area contributed by atoms with Gasteiger partial charge in [-0.1, -0.05) is 17.9 Å². The molecule has 0 unspecified atom stereocenters. The maximum Gasteiger partial charge on any atom is 0.254 e. The molecule has 1 rings (SSSR count). The Hall–Kier alpha value is -1.84. The molecule has 0 aromatic heterocycles. The molecule has 1 amide bonds. The van der Waals surface area contributed by atoms with Gasteiger partial charge in [-0.25, -0.2) is 8.42 Å². The molecule has 0 atom stereocenters. The molecule has 5 nitrogen and oxygen atoms in total. The third-order valence-electron chi connectivity index (χ3n) is 2.87. The van der Waals surface area contributed by atoms with Crippen LogP contribution in [-0.4, -0.2) is 51.4 Å². The minimum absolute atomic E-state index is 0.0646. The van der Waals surface area contributed by atoms with E-state index in [0.717, 1.165) is 11.8 Å². The maximum atomic E-state index is 12.4. The summed E-state index contributed by atoms with van der Waals surface area (Å²) in [5.74, 6) is 5.30. The highest BCUT2D eigenvalue weighted by Crippen LogP contribution is 2.13. The number of rotatable bonds is 4. The van der Waals surface area contributed by atoms with E-state index in [0.29, 0.717) is 11.1 Å². The van der Waals surface area contributed by atoms with Crippen molar-refractivity contribution < 1.29 is 13.2 Å². The van der Waals surface area contributed by atoms with Crippen molar-refractivity contribution in [1.82, 2.24) is 4.90 Å². The van der Waals surface area contributed by atoms with Gasteiger partial charge in [0.1, 0.15) is 9.84 Å². The molecule has 0 bridgehead atoms. The second-order valence-electron chi connectivity index (χ2n) is 4.91. The zero-order valence-electron chi connectivity index (χ0n) is 12.5. The first-order chi connectivity index (χ1) is 9.74. The summed E-state index contributed by atoms with van der Waals surface area (Å²) in [5.41, 5.74) is 7.42. The number of amides is 1.